The van der Waals surface area contributed by atoms with Gasteiger partial charge >= 0.3 is 5.03 Å². The summed E-state index contributed by atoms with van der Waals surface area (Å²) in [6, 6.07) is 7.14. The fraction of sp³-hybridized carbons (Fsp3) is 0.250. The predicted molar refractivity (Wildman–Crippen MR) is 78.1 cm³/mol. The summed E-state index contributed by atoms with van der Waals surface area (Å²) in [7, 11) is -1.60. The number of ketones is 1. The molecule has 1 N–H and O–H groups in total. The molecule has 106 valence electrons. The van der Waals surface area contributed by atoms with Crippen LogP contribution >= 0.6 is 11.6 Å². The second-order valence-corrected chi connectivity index (χ2v) is 6.23. The lowest BCUT2D eigenvalue weighted by molar-refractivity contribution is -0.411. The summed E-state index contributed by atoms with van der Waals surface area (Å²) in [5, 5.41) is 9.54. The highest BCUT2D eigenvalue weighted by molar-refractivity contribution is 7.91. The lowest BCUT2D eigenvalue weighted by Gasteiger charge is -2.24. The van der Waals surface area contributed by atoms with Crippen LogP contribution in [0.25, 0.3) is 0 Å². The van der Waals surface area contributed by atoms with Gasteiger partial charge in [-0.25, -0.2) is 0 Å². The van der Waals surface area contributed by atoms with Gasteiger partial charge in [-0.1, -0.05) is 23.7 Å². The smallest absolute Gasteiger partial charge is 0.305 e. The van der Waals surface area contributed by atoms with E-state index in [9.17, 15) is 14.9 Å². The number of nitrogens with zero attached hydrogens (tertiary/aromatic N) is 2. The normalized spacial score (nSPS) is 22.2. The van der Waals surface area contributed by atoms with Gasteiger partial charge in [0.2, 0.25) is 0 Å². The molecular formula is C12H12ClN3O3S. The molecule has 20 heavy (non-hydrogen) atoms. The molecule has 2 rings (SSSR count). The topological polar surface area (TPSA) is 87.3 Å². The Morgan fingerprint density at radius 1 is 1.55 bits per heavy atom. The molecule has 1 aliphatic heterocycles. The minimum absolute atomic E-state index is 0.154. The van der Waals surface area contributed by atoms with Crippen LogP contribution in [0.4, 0.5) is 5.69 Å². The summed E-state index contributed by atoms with van der Waals surface area (Å²) in [6.07, 6.45) is 0. The zero-order valence-corrected chi connectivity index (χ0v) is 12.4. The van der Waals surface area contributed by atoms with Crippen molar-refractivity contribution >= 4 is 33.8 Å². The van der Waals surface area contributed by atoms with Gasteiger partial charge in [-0.15, -0.1) is 0 Å². The molecule has 2 unspecified atom stereocenters. The number of hydrogen-bond acceptors (Lipinski definition) is 5. The summed E-state index contributed by atoms with van der Waals surface area (Å²) >= 11 is 6.06. The molecule has 0 bridgehead atoms. The number of carbonyl (C=O) groups excluding carboxylic acids is 1. The molecule has 1 aromatic carbocycles. The van der Waals surface area contributed by atoms with Gasteiger partial charge in [0, 0.05) is 16.4 Å². The maximum Gasteiger partial charge on any atom is 0.351 e. The fourth-order valence-electron chi connectivity index (χ4n) is 2.04. The van der Waals surface area contributed by atoms with Crippen LogP contribution in [0, 0.1) is 21.8 Å². The highest BCUT2D eigenvalue weighted by atomic mass is 35.5. The number of Topliss-reactive ketones (excluding diaryl/α,β-unsaturated/α-hetero) is 1. The summed E-state index contributed by atoms with van der Waals surface area (Å²) < 4.78 is 7.95. The molecule has 0 aromatic heterocycles. The average molecular weight is 314 g/mol. The fourth-order valence-corrected chi connectivity index (χ4v) is 4.03. The van der Waals surface area contributed by atoms with Crippen LogP contribution in [-0.2, 0) is 15.5 Å². The molecule has 0 fully saturated rings. The zero-order chi connectivity index (χ0) is 15.0. The van der Waals surface area contributed by atoms with Gasteiger partial charge < -0.3 is 4.90 Å². The Labute approximate surface area is 123 Å². The highest BCUT2D eigenvalue weighted by Crippen LogP contribution is 2.37. The first-order valence-electron chi connectivity index (χ1n) is 5.69. The Balaban J connectivity index is 2.61. The number of carbonyl (C=O) groups is 1. The lowest BCUT2D eigenvalue weighted by atomic mass is 10.2. The van der Waals surface area contributed by atoms with E-state index in [1.54, 1.807) is 18.2 Å². The minimum Gasteiger partial charge on any atom is -0.305 e. The third-order valence-corrected chi connectivity index (χ3v) is 5.07. The Morgan fingerprint density at radius 3 is 2.70 bits per heavy atom. The van der Waals surface area contributed by atoms with Crippen molar-refractivity contribution in [2.24, 2.45) is 0 Å². The van der Waals surface area contributed by atoms with Gasteiger partial charge in [0.05, 0.1) is 4.92 Å². The maximum absolute atomic E-state index is 11.8. The van der Waals surface area contributed by atoms with Gasteiger partial charge in [-0.2, -0.15) is 0 Å². The summed E-state index contributed by atoms with van der Waals surface area (Å²) in [5.41, 5.74) is 1.52. The molecule has 1 aliphatic rings. The standard InChI is InChI=1S/C12H12ClN3O3S/c1-7-4-3-5-9(6-7)15-10(13)12(16(18)19)20(14)11(15)8(2)17/h3-6,11,14H,1-2H3. The molecule has 0 spiro atoms. The molecule has 1 aromatic rings. The molecule has 0 saturated carbocycles. The highest BCUT2D eigenvalue weighted by Gasteiger charge is 2.45. The van der Waals surface area contributed by atoms with E-state index in [2.05, 4.69) is 0 Å². The minimum atomic E-state index is -1.60. The number of anilines is 1. The van der Waals surface area contributed by atoms with E-state index in [-0.39, 0.29) is 10.9 Å². The molecule has 0 amide bonds. The molecule has 8 heteroatoms. The van der Waals surface area contributed by atoms with Crippen molar-refractivity contribution in [1.82, 2.24) is 0 Å². The molecule has 6 nitrogen and oxygen atoms in total. The van der Waals surface area contributed by atoms with Crippen LogP contribution in [0.2, 0.25) is 0 Å². The van der Waals surface area contributed by atoms with Crippen molar-refractivity contribution in [3.63, 3.8) is 0 Å². The average Bonchev–Trinajstić information content (AvgIpc) is 2.60. The number of nitro groups is 1. The van der Waals surface area contributed by atoms with Crippen molar-refractivity contribution in [2.75, 3.05) is 4.90 Å². The largest absolute Gasteiger partial charge is 0.351 e. The summed E-state index contributed by atoms with van der Waals surface area (Å²) in [4.78, 5) is 23.5. The van der Waals surface area contributed by atoms with Crippen LogP contribution in [0.1, 0.15) is 12.5 Å². The lowest BCUT2D eigenvalue weighted by Crippen LogP contribution is -2.36. The maximum atomic E-state index is 11.8. The summed E-state index contributed by atoms with van der Waals surface area (Å²) in [5.74, 6) is -0.320. The van der Waals surface area contributed by atoms with Crippen LogP contribution < -0.4 is 4.90 Å². The first kappa shape index (κ1) is 14.7. The molecule has 2 atom stereocenters. The third kappa shape index (κ3) is 2.34. The molecule has 0 saturated heterocycles. The Hall–Kier alpha value is -1.73. The van der Waals surface area contributed by atoms with E-state index in [4.69, 9.17) is 16.4 Å². The van der Waals surface area contributed by atoms with Crippen LogP contribution in [0.3, 0.4) is 0 Å². The van der Waals surface area contributed by atoms with Crippen LogP contribution in [-0.4, -0.2) is 16.1 Å². The molecule has 1 heterocycles. The number of hydrogen-bond donors (Lipinski definition) is 1. The van der Waals surface area contributed by atoms with E-state index >= 15 is 0 Å². The molecule has 0 radical (unpaired) electrons. The van der Waals surface area contributed by atoms with E-state index in [0.29, 0.717) is 5.69 Å². The van der Waals surface area contributed by atoms with Gasteiger partial charge in [0.1, 0.15) is 0 Å². The van der Waals surface area contributed by atoms with Crippen molar-refractivity contribution < 1.29 is 9.72 Å². The first-order valence-corrected chi connectivity index (χ1v) is 7.36. The predicted octanol–water partition coefficient (Wildman–Crippen LogP) is 2.75. The van der Waals surface area contributed by atoms with Gasteiger partial charge in [0.25, 0.3) is 0 Å². The van der Waals surface area contributed by atoms with Crippen molar-refractivity contribution in [2.45, 2.75) is 19.2 Å². The number of benzene rings is 1. The van der Waals surface area contributed by atoms with Crippen molar-refractivity contribution in [1.29, 1.82) is 4.78 Å². The molecular weight excluding hydrogens is 302 g/mol. The van der Waals surface area contributed by atoms with E-state index < -0.39 is 26.0 Å². The third-order valence-electron chi connectivity index (χ3n) is 2.85. The Morgan fingerprint density at radius 2 is 2.20 bits per heavy atom. The Bertz CT molecular complexity index is 659. The first-order chi connectivity index (χ1) is 9.34. The zero-order valence-electron chi connectivity index (χ0n) is 10.8. The second kappa shape index (κ2) is 5.34. The van der Waals surface area contributed by atoms with Gasteiger partial charge in [-0.05, 0) is 31.5 Å². The van der Waals surface area contributed by atoms with Gasteiger partial charge in [-0.3, -0.25) is 19.7 Å². The quantitative estimate of drug-likeness (QED) is 0.528. The van der Waals surface area contributed by atoms with Crippen LogP contribution in [0.15, 0.2) is 34.5 Å². The van der Waals surface area contributed by atoms with E-state index in [1.807, 2.05) is 13.0 Å². The molecule has 0 aliphatic carbocycles. The number of halogens is 1. The second-order valence-electron chi connectivity index (χ2n) is 4.36. The number of rotatable bonds is 3. The van der Waals surface area contributed by atoms with E-state index in [1.165, 1.54) is 11.8 Å². The van der Waals surface area contributed by atoms with Crippen LogP contribution in [0.5, 0.6) is 0 Å². The SMILES string of the molecule is CC(=O)C1N(c2cccc(C)c2)C(Cl)=C([N+](=O)[O-])S1=N. The van der Waals surface area contributed by atoms with Crippen molar-refractivity contribution in [3.05, 3.63) is 50.1 Å². The van der Waals surface area contributed by atoms with E-state index in [0.717, 1.165) is 5.56 Å². The number of nitrogens with one attached hydrogen (secondary N) is 1. The van der Waals surface area contributed by atoms with Gasteiger partial charge in [0.15, 0.2) is 16.3 Å². The van der Waals surface area contributed by atoms with Crippen molar-refractivity contribution in [3.8, 4) is 0 Å². The monoisotopic (exact) mass is 313 g/mol. The summed E-state index contributed by atoms with van der Waals surface area (Å²) in [6.45, 7) is 3.18. The Kier molecular flexibility index (Phi) is 3.92. The number of aryl methyl sites for hydroxylation is 1.